The molecule has 4 aromatic rings. The standard InChI is InChI=1S/C16H14N4O2S/c1-9-5-6-11-12(8-9)18-16(17-11)23-10(2)15-19-14(20-22-15)13-4-3-7-21-13/h3-8,10H,1-2H3,(H,17,18)/t10-/m0/s1. The first-order valence-corrected chi connectivity index (χ1v) is 8.07. The van der Waals surface area contributed by atoms with Crippen LogP contribution in [0.25, 0.3) is 22.6 Å². The maximum Gasteiger partial charge on any atom is 0.240 e. The molecule has 0 radical (unpaired) electrons. The average molecular weight is 326 g/mol. The molecule has 0 aliphatic heterocycles. The van der Waals surface area contributed by atoms with E-state index in [0.29, 0.717) is 17.5 Å². The summed E-state index contributed by atoms with van der Waals surface area (Å²) >= 11 is 1.55. The number of H-pyrrole nitrogens is 1. The summed E-state index contributed by atoms with van der Waals surface area (Å²) in [6.07, 6.45) is 1.58. The predicted octanol–water partition coefficient (Wildman–Crippen LogP) is 4.37. The zero-order chi connectivity index (χ0) is 15.8. The van der Waals surface area contributed by atoms with Gasteiger partial charge in [-0.25, -0.2) is 4.98 Å². The van der Waals surface area contributed by atoms with Gasteiger partial charge in [0.15, 0.2) is 10.9 Å². The van der Waals surface area contributed by atoms with E-state index in [9.17, 15) is 0 Å². The molecule has 0 aliphatic carbocycles. The number of hydrogen-bond donors (Lipinski definition) is 1. The molecule has 0 unspecified atom stereocenters. The van der Waals surface area contributed by atoms with Crippen molar-refractivity contribution in [2.45, 2.75) is 24.3 Å². The summed E-state index contributed by atoms with van der Waals surface area (Å²) in [5.74, 6) is 1.59. The number of fused-ring (bicyclic) bond motifs is 1. The first kappa shape index (κ1) is 14.1. The number of imidazole rings is 1. The molecular formula is C16H14N4O2S. The number of aryl methyl sites for hydroxylation is 1. The number of nitrogens with one attached hydrogen (secondary N) is 1. The van der Waals surface area contributed by atoms with Crippen LogP contribution in [0.2, 0.25) is 0 Å². The normalized spacial score (nSPS) is 12.8. The molecule has 3 heterocycles. The van der Waals surface area contributed by atoms with Gasteiger partial charge < -0.3 is 13.9 Å². The van der Waals surface area contributed by atoms with Gasteiger partial charge in [0.1, 0.15) is 0 Å². The van der Waals surface area contributed by atoms with Crippen molar-refractivity contribution in [3.05, 3.63) is 48.0 Å². The molecule has 1 N–H and O–H groups in total. The fourth-order valence-electron chi connectivity index (χ4n) is 2.28. The Hall–Kier alpha value is -2.54. The lowest BCUT2D eigenvalue weighted by Gasteiger charge is -2.02. The average Bonchev–Trinajstić information content (AvgIpc) is 3.26. The van der Waals surface area contributed by atoms with Crippen molar-refractivity contribution < 1.29 is 8.94 Å². The van der Waals surface area contributed by atoms with E-state index < -0.39 is 0 Å². The van der Waals surface area contributed by atoms with Gasteiger partial charge in [-0.05, 0) is 43.7 Å². The summed E-state index contributed by atoms with van der Waals surface area (Å²) in [4.78, 5) is 12.3. The highest BCUT2D eigenvalue weighted by molar-refractivity contribution is 7.99. The minimum Gasteiger partial charge on any atom is -0.461 e. The van der Waals surface area contributed by atoms with Crippen LogP contribution in [0.5, 0.6) is 0 Å². The van der Waals surface area contributed by atoms with Crippen LogP contribution in [0.15, 0.2) is 50.7 Å². The highest BCUT2D eigenvalue weighted by Crippen LogP contribution is 2.34. The van der Waals surface area contributed by atoms with Gasteiger partial charge in [0.25, 0.3) is 0 Å². The Kier molecular flexibility index (Phi) is 3.42. The molecule has 4 rings (SSSR count). The van der Waals surface area contributed by atoms with Crippen molar-refractivity contribution >= 4 is 22.8 Å². The van der Waals surface area contributed by atoms with Crippen LogP contribution in [-0.2, 0) is 0 Å². The lowest BCUT2D eigenvalue weighted by molar-refractivity contribution is 0.379. The number of nitrogens with zero attached hydrogens (tertiary/aromatic N) is 3. The lowest BCUT2D eigenvalue weighted by Crippen LogP contribution is -1.89. The Morgan fingerprint density at radius 2 is 2.13 bits per heavy atom. The maximum atomic E-state index is 5.33. The quantitative estimate of drug-likeness (QED) is 0.561. The van der Waals surface area contributed by atoms with Crippen molar-refractivity contribution in [1.29, 1.82) is 0 Å². The molecule has 0 amide bonds. The molecule has 23 heavy (non-hydrogen) atoms. The second-order valence-corrected chi connectivity index (χ2v) is 6.59. The minimum absolute atomic E-state index is 0.0205. The number of hydrogen-bond acceptors (Lipinski definition) is 6. The van der Waals surface area contributed by atoms with Crippen molar-refractivity contribution in [2.24, 2.45) is 0 Å². The highest BCUT2D eigenvalue weighted by atomic mass is 32.2. The molecule has 0 spiro atoms. The molecule has 116 valence electrons. The summed E-state index contributed by atoms with van der Waals surface area (Å²) in [6, 6.07) is 9.74. The van der Waals surface area contributed by atoms with E-state index >= 15 is 0 Å². The molecule has 0 saturated carbocycles. The monoisotopic (exact) mass is 326 g/mol. The third kappa shape index (κ3) is 2.75. The van der Waals surface area contributed by atoms with E-state index in [1.807, 2.05) is 13.0 Å². The highest BCUT2D eigenvalue weighted by Gasteiger charge is 2.19. The number of aromatic nitrogens is 4. The summed E-state index contributed by atoms with van der Waals surface area (Å²) in [6.45, 7) is 4.06. The van der Waals surface area contributed by atoms with Crippen LogP contribution in [0.3, 0.4) is 0 Å². The van der Waals surface area contributed by atoms with E-state index in [2.05, 4.69) is 39.2 Å². The first-order chi connectivity index (χ1) is 11.2. The summed E-state index contributed by atoms with van der Waals surface area (Å²) in [5, 5.41) is 4.76. The molecule has 6 nitrogen and oxygen atoms in total. The van der Waals surface area contributed by atoms with Gasteiger partial charge in [0.05, 0.1) is 22.5 Å². The smallest absolute Gasteiger partial charge is 0.240 e. The SMILES string of the molecule is Cc1ccc2nc(S[C@@H](C)c3nc(-c4ccco4)no3)[nH]c2c1. The van der Waals surface area contributed by atoms with E-state index in [-0.39, 0.29) is 5.25 Å². The van der Waals surface area contributed by atoms with Gasteiger partial charge in [0, 0.05) is 0 Å². The molecule has 0 fully saturated rings. The first-order valence-electron chi connectivity index (χ1n) is 7.19. The Morgan fingerprint density at radius 1 is 1.22 bits per heavy atom. The Morgan fingerprint density at radius 3 is 2.96 bits per heavy atom. The second kappa shape index (κ2) is 5.58. The Labute approximate surface area is 136 Å². The number of thioether (sulfide) groups is 1. The topological polar surface area (TPSA) is 80.7 Å². The molecule has 0 bridgehead atoms. The Balaban J connectivity index is 1.55. The fourth-order valence-corrected chi connectivity index (χ4v) is 3.13. The zero-order valence-corrected chi connectivity index (χ0v) is 13.4. The van der Waals surface area contributed by atoms with E-state index in [1.54, 1.807) is 30.2 Å². The van der Waals surface area contributed by atoms with Gasteiger partial charge in [-0.3, -0.25) is 0 Å². The minimum atomic E-state index is -0.0205. The van der Waals surface area contributed by atoms with Crippen molar-refractivity contribution in [3.8, 4) is 11.6 Å². The molecule has 3 aromatic heterocycles. The molecule has 7 heteroatoms. The zero-order valence-electron chi connectivity index (χ0n) is 12.6. The number of aromatic amines is 1. The van der Waals surface area contributed by atoms with Crippen LogP contribution in [0.4, 0.5) is 0 Å². The van der Waals surface area contributed by atoms with Crippen LogP contribution in [0, 0.1) is 6.92 Å². The van der Waals surface area contributed by atoms with E-state index in [1.165, 1.54) is 5.56 Å². The number of benzene rings is 1. The predicted molar refractivity (Wildman–Crippen MR) is 87.1 cm³/mol. The molecule has 1 atom stereocenters. The lowest BCUT2D eigenvalue weighted by atomic mass is 10.2. The Bertz CT molecular complexity index is 942. The number of rotatable bonds is 4. The molecule has 0 saturated heterocycles. The van der Waals surface area contributed by atoms with Gasteiger partial charge in [-0.2, -0.15) is 4.98 Å². The van der Waals surface area contributed by atoms with Gasteiger partial charge in [0.2, 0.25) is 11.7 Å². The van der Waals surface area contributed by atoms with Gasteiger partial charge in [-0.1, -0.05) is 23.0 Å². The van der Waals surface area contributed by atoms with Gasteiger partial charge >= 0.3 is 0 Å². The fraction of sp³-hybridized carbons (Fsp3) is 0.188. The maximum absolute atomic E-state index is 5.33. The number of furan rings is 1. The van der Waals surface area contributed by atoms with E-state index in [0.717, 1.165) is 16.2 Å². The van der Waals surface area contributed by atoms with Crippen LogP contribution < -0.4 is 0 Å². The summed E-state index contributed by atoms with van der Waals surface area (Å²) in [5.41, 5.74) is 3.18. The van der Waals surface area contributed by atoms with E-state index in [4.69, 9.17) is 8.94 Å². The largest absolute Gasteiger partial charge is 0.461 e. The third-order valence-corrected chi connectivity index (χ3v) is 4.41. The summed E-state index contributed by atoms with van der Waals surface area (Å²) < 4.78 is 10.6. The second-order valence-electron chi connectivity index (χ2n) is 5.26. The van der Waals surface area contributed by atoms with Crippen LogP contribution in [0.1, 0.15) is 23.6 Å². The third-order valence-electron chi connectivity index (χ3n) is 3.44. The van der Waals surface area contributed by atoms with Crippen molar-refractivity contribution in [2.75, 3.05) is 0 Å². The van der Waals surface area contributed by atoms with Crippen molar-refractivity contribution in [3.63, 3.8) is 0 Å². The van der Waals surface area contributed by atoms with Gasteiger partial charge in [-0.15, -0.1) is 0 Å². The molecular weight excluding hydrogens is 312 g/mol. The molecule has 1 aromatic carbocycles. The van der Waals surface area contributed by atoms with Crippen LogP contribution >= 0.6 is 11.8 Å². The summed E-state index contributed by atoms with van der Waals surface area (Å²) in [7, 11) is 0. The molecule has 0 aliphatic rings. The van der Waals surface area contributed by atoms with Crippen molar-refractivity contribution in [1.82, 2.24) is 20.1 Å². The van der Waals surface area contributed by atoms with Crippen LogP contribution in [-0.4, -0.2) is 20.1 Å².